The van der Waals surface area contributed by atoms with E-state index in [0.717, 1.165) is 6.07 Å². The molecule has 1 aromatic heterocycles. The Labute approximate surface area is 173 Å². The van der Waals surface area contributed by atoms with Crippen molar-refractivity contribution in [3.05, 3.63) is 57.7 Å². The first-order chi connectivity index (χ1) is 13.7. The van der Waals surface area contributed by atoms with Gasteiger partial charge in [-0.3, -0.25) is 0 Å². The molecule has 0 bridgehead atoms. The molecule has 11 heteroatoms. The summed E-state index contributed by atoms with van der Waals surface area (Å²) in [4.78, 5) is 20.9. The predicted octanol–water partition coefficient (Wildman–Crippen LogP) is 4.82. The SMILES string of the molecule is O=C(OCC1=NO[C@H](CNc2ncc(C(F)(F)F)cc2Cl)C1)c1ccc(Cl)cc1. The van der Waals surface area contributed by atoms with E-state index in [0.29, 0.717) is 28.9 Å². The summed E-state index contributed by atoms with van der Waals surface area (Å²) in [5.74, 6) is -0.419. The number of oxime groups is 1. The van der Waals surface area contributed by atoms with Crippen molar-refractivity contribution in [2.75, 3.05) is 18.5 Å². The number of pyridine rings is 1. The lowest BCUT2D eigenvalue weighted by Crippen LogP contribution is -2.22. The number of anilines is 1. The molecule has 0 amide bonds. The van der Waals surface area contributed by atoms with E-state index in [2.05, 4.69) is 15.5 Å². The van der Waals surface area contributed by atoms with Crippen molar-refractivity contribution >= 4 is 40.7 Å². The third kappa shape index (κ3) is 5.74. The van der Waals surface area contributed by atoms with Crippen molar-refractivity contribution in [1.29, 1.82) is 0 Å². The lowest BCUT2D eigenvalue weighted by atomic mass is 10.2. The molecule has 154 valence electrons. The van der Waals surface area contributed by atoms with E-state index in [-0.39, 0.29) is 24.0 Å². The number of hydrogen-bond acceptors (Lipinski definition) is 6. The van der Waals surface area contributed by atoms with Gasteiger partial charge in [-0.25, -0.2) is 9.78 Å². The second-order valence-electron chi connectivity index (χ2n) is 6.11. The first-order valence-corrected chi connectivity index (χ1v) is 9.09. The Kier molecular flexibility index (Phi) is 6.49. The van der Waals surface area contributed by atoms with Crippen LogP contribution in [0.5, 0.6) is 0 Å². The molecule has 2 heterocycles. The lowest BCUT2D eigenvalue weighted by molar-refractivity contribution is -0.137. The molecule has 1 N–H and O–H groups in total. The molecule has 0 fully saturated rings. The summed E-state index contributed by atoms with van der Waals surface area (Å²) >= 11 is 11.6. The minimum atomic E-state index is -4.52. The van der Waals surface area contributed by atoms with Crippen LogP contribution in [0.4, 0.5) is 19.0 Å². The van der Waals surface area contributed by atoms with Gasteiger partial charge in [-0.05, 0) is 30.3 Å². The van der Waals surface area contributed by atoms with Crippen molar-refractivity contribution < 1.29 is 27.5 Å². The Bertz CT molecular complexity index is 921. The topological polar surface area (TPSA) is 72.8 Å². The standard InChI is InChI=1S/C18H14Cl2F3N3O3/c19-12-3-1-10(2-4-12)17(27)28-9-13-6-14(29-26-13)8-25-16-15(20)5-11(7-24-16)18(21,22)23/h1-5,7,14H,6,8-9H2,(H,24,25)/t14-/m0/s1. The quantitative estimate of drug-likeness (QED) is 0.642. The van der Waals surface area contributed by atoms with Crippen LogP contribution in [0.25, 0.3) is 0 Å². The molecule has 6 nitrogen and oxygen atoms in total. The largest absolute Gasteiger partial charge is 0.456 e. The van der Waals surface area contributed by atoms with Crippen molar-refractivity contribution in [1.82, 2.24) is 4.98 Å². The Balaban J connectivity index is 1.45. The maximum absolute atomic E-state index is 12.6. The molecule has 0 unspecified atom stereocenters. The van der Waals surface area contributed by atoms with Crippen LogP contribution in [-0.4, -0.2) is 35.9 Å². The minimum Gasteiger partial charge on any atom is -0.456 e. The normalized spacial score (nSPS) is 16.2. The molecule has 2 aromatic rings. The van der Waals surface area contributed by atoms with Gasteiger partial charge in [-0.1, -0.05) is 28.4 Å². The minimum absolute atomic E-state index is 0.0444. The van der Waals surface area contributed by atoms with Gasteiger partial charge >= 0.3 is 12.1 Å². The van der Waals surface area contributed by atoms with Crippen LogP contribution in [0.1, 0.15) is 22.3 Å². The third-order valence-electron chi connectivity index (χ3n) is 3.91. The van der Waals surface area contributed by atoms with Gasteiger partial charge in [0.15, 0.2) is 0 Å². The molecular formula is C18H14Cl2F3N3O3. The molecule has 29 heavy (non-hydrogen) atoms. The molecule has 0 spiro atoms. The van der Waals surface area contributed by atoms with E-state index in [4.69, 9.17) is 32.8 Å². The molecule has 0 aliphatic carbocycles. The van der Waals surface area contributed by atoms with Gasteiger partial charge in [0.1, 0.15) is 18.5 Å². The van der Waals surface area contributed by atoms with Crippen molar-refractivity contribution in [2.24, 2.45) is 5.16 Å². The summed E-state index contributed by atoms with van der Waals surface area (Å²) in [7, 11) is 0. The van der Waals surface area contributed by atoms with Gasteiger partial charge in [0, 0.05) is 17.6 Å². The van der Waals surface area contributed by atoms with E-state index in [9.17, 15) is 18.0 Å². The van der Waals surface area contributed by atoms with Crippen LogP contribution >= 0.6 is 23.2 Å². The molecule has 0 radical (unpaired) electrons. The molecule has 0 saturated carbocycles. The van der Waals surface area contributed by atoms with Gasteiger partial charge in [-0.15, -0.1) is 0 Å². The fourth-order valence-electron chi connectivity index (χ4n) is 2.43. The summed E-state index contributed by atoms with van der Waals surface area (Å²) in [6.07, 6.45) is -3.85. The first-order valence-electron chi connectivity index (χ1n) is 8.33. The van der Waals surface area contributed by atoms with Gasteiger partial charge in [-0.2, -0.15) is 13.2 Å². The molecule has 0 saturated heterocycles. The Morgan fingerprint density at radius 1 is 1.28 bits per heavy atom. The number of alkyl halides is 3. The van der Waals surface area contributed by atoms with Crippen LogP contribution in [0, 0.1) is 0 Å². The van der Waals surface area contributed by atoms with E-state index in [1.807, 2.05) is 0 Å². The average molecular weight is 448 g/mol. The Hall–Kier alpha value is -2.52. The second kappa shape index (κ2) is 8.87. The number of esters is 1. The zero-order chi connectivity index (χ0) is 21.0. The summed E-state index contributed by atoms with van der Waals surface area (Å²) in [6.45, 7) is 0.160. The highest BCUT2D eigenvalue weighted by Gasteiger charge is 2.31. The van der Waals surface area contributed by atoms with Gasteiger partial charge in [0.2, 0.25) is 0 Å². The van der Waals surface area contributed by atoms with Crippen molar-refractivity contribution in [3.8, 4) is 0 Å². The number of aromatic nitrogens is 1. The molecule has 1 aromatic carbocycles. The zero-order valence-corrected chi connectivity index (χ0v) is 16.2. The summed E-state index contributed by atoms with van der Waals surface area (Å²) in [5, 5.41) is 7.03. The maximum Gasteiger partial charge on any atom is 0.417 e. The number of benzene rings is 1. The predicted molar refractivity (Wildman–Crippen MR) is 101 cm³/mol. The number of nitrogens with one attached hydrogen (secondary N) is 1. The monoisotopic (exact) mass is 447 g/mol. The highest BCUT2D eigenvalue weighted by Crippen LogP contribution is 2.32. The number of nitrogens with zero attached hydrogens (tertiary/aromatic N) is 2. The fraction of sp³-hybridized carbons (Fsp3) is 0.278. The molecule has 3 rings (SSSR count). The van der Waals surface area contributed by atoms with Crippen molar-refractivity contribution in [3.63, 3.8) is 0 Å². The highest BCUT2D eigenvalue weighted by molar-refractivity contribution is 6.33. The zero-order valence-electron chi connectivity index (χ0n) is 14.7. The smallest absolute Gasteiger partial charge is 0.417 e. The Morgan fingerprint density at radius 3 is 2.66 bits per heavy atom. The molecule has 1 atom stereocenters. The van der Waals surface area contributed by atoms with Crippen LogP contribution in [0.2, 0.25) is 10.0 Å². The Morgan fingerprint density at radius 2 is 2.00 bits per heavy atom. The fourth-order valence-corrected chi connectivity index (χ4v) is 2.79. The summed E-state index contributed by atoms with van der Waals surface area (Å²) in [6, 6.07) is 7.05. The third-order valence-corrected chi connectivity index (χ3v) is 4.45. The van der Waals surface area contributed by atoms with Crippen LogP contribution in [0.3, 0.4) is 0 Å². The van der Waals surface area contributed by atoms with Gasteiger partial charge in [0.05, 0.1) is 28.4 Å². The number of rotatable bonds is 6. The van der Waals surface area contributed by atoms with E-state index in [1.165, 1.54) is 0 Å². The number of carbonyl (C=O) groups is 1. The number of halogens is 5. The second-order valence-corrected chi connectivity index (χ2v) is 6.95. The van der Waals surface area contributed by atoms with Crippen LogP contribution in [-0.2, 0) is 15.8 Å². The van der Waals surface area contributed by atoms with Crippen LogP contribution in [0.15, 0.2) is 41.7 Å². The van der Waals surface area contributed by atoms with Crippen molar-refractivity contribution in [2.45, 2.75) is 18.7 Å². The average Bonchev–Trinajstić information content (AvgIpc) is 3.13. The van der Waals surface area contributed by atoms with Gasteiger partial charge < -0.3 is 14.9 Å². The molecule has 1 aliphatic heterocycles. The van der Waals surface area contributed by atoms with Gasteiger partial charge in [0.25, 0.3) is 0 Å². The first kappa shape index (κ1) is 21.2. The highest BCUT2D eigenvalue weighted by atomic mass is 35.5. The van der Waals surface area contributed by atoms with Crippen LogP contribution < -0.4 is 5.32 Å². The number of carbonyl (C=O) groups excluding carboxylic acids is 1. The summed E-state index contributed by atoms with van der Waals surface area (Å²) in [5.41, 5.74) is -0.0565. The molecular weight excluding hydrogens is 434 g/mol. The number of ether oxygens (including phenoxy) is 1. The van der Waals surface area contributed by atoms with E-state index >= 15 is 0 Å². The lowest BCUT2D eigenvalue weighted by Gasteiger charge is -2.13. The van der Waals surface area contributed by atoms with E-state index in [1.54, 1.807) is 24.3 Å². The maximum atomic E-state index is 12.6. The van der Waals surface area contributed by atoms with E-state index < -0.39 is 23.8 Å². The molecule has 1 aliphatic rings. The number of hydrogen-bond donors (Lipinski definition) is 1. The summed E-state index contributed by atoms with van der Waals surface area (Å²) < 4.78 is 43.1.